The van der Waals surface area contributed by atoms with Crippen LogP contribution in [0.15, 0.2) is 11.6 Å². The molecule has 0 aliphatic rings. The van der Waals surface area contributed by atoms with Gasteiger partial charge in [0.25, 0.3) is 0 Å². The van der Waals surface area contributed by atoms with E-state index in [1.54, 1.807) is 0 Å². The number of carbonyl (C=O) groups is 2. The Hall–Kier alpha value is -1.32. The van der Waals surface area contributed by atoms with Crippen LogP contribution in [0.4, 0.5) is 0 Å². The number of aliphatic carboxylic acids is 1. The standard InChI is InChI=1S/C38H72O4/c1-3-5-7-9-11-13-15-17-19-20-21-23-25-27-29-31-33-36(35-37(39)40)38(41)42-34-32-30-28-26-24-22-18-16-14-12-10-8-6-4-2/h35H,3-34H2,1-2H3,(H,39,40)/b36-35+. The second-order valence-corrected chi connectivity index (χ2v) is 12.8. The molecule has 0 aromatic rings. The molecule has 42 heavy (non-hydrogen) atoms. The Kier molecular flexibility index (Phi) is 33.1. The summed E-state index contributed by atoms with van der Waals surface area (Å²) in [6.07, 6.45) is 40.5. The average molecular weight is 593 g/mol. The Bertz CT molecular complexity index is 612. The third-order valence-corrected chi connectivity index (χ3v) is 8.59. The van der Waals surface area contributed by atoms with Crippen LogP contribution in [0, 0.1) is 0 Å². The van der Waals surface area contributed by atoms with Crippen LogP contribution in [0.5, 0.6) is 0 Å². The lowest BCUT2D eigenvalue weighted by atomic mass is 10.0. The summed E-state index contributed by atoms with van der Waals surface area (Å²) in [5.41, 5.74) is 0.318. The van der Waals surface area contributed by atoms with Gasteiger partial charge in [-0.15, -0.1) is 0 Å². The first-order valence-corrected chi connectivity index (χ1v) is 18.7. The second kappa shape index (κ2) is 34.2. The Labute approximate surface area is 262 Å². The van der Waals surface area contributed by atoms with Crippen molar-refractivity contribution in [1.82, 2.24) is 0 Å². The van der Waals surface area contributed by atoms with Crippen LogP contribution in [0.3, 0.4) is 0 Å². The van der Waals surface area contributed by atoms with Crippen molar-refractivity contribution in [2.45, 2.75) is 213 Å². The zero-order chi connectivity index (χ0) is 30.8. The van der Waals surface area contributed by atoms with E-state index in [4.69, 9.17) is 4.74 Å². The molecule has 0 aliphatic carbocycles. The zero-order valence-electron chi connectivity index (χ0n) is 28.4. The highest BCUT2D eigenvalue weighted by Crippen LogP contribution is 2.17. The normalized spacial score (nSPS) is 11.7. The van der Waals surface area contributed by atoms with Crippen molar-refractivity contribution >= 4 is 11.9 Å². The number of esters is 1. The van der Waals surface area contributed by atoms with Gasteiger partial charge >= 0.3 is 11.9 Å². The van der Waals surface area contributed by atoms with Gasteiger partial charge in [0.1, 0.15) is 0 Å². The first kappa shape index (κ1) is 40.7. The van der Waals surface area contributed by atoms with E-state index < -0.39 is 11.9 Å². The predicted octanol–water partition coefficient (Wildman–Crippen LogP) is 12.7. The Morgan fingerprint density at radius 3 is 1.05 bits per heavy atom. The minimum Gasteiger partial charge on any atom is -0.478 e. The Morgan fingerprint density at radius 2 is 0.738 bits per heavy atom. The molecule has 0 aliphatic heterocycles. The van der Waals surface area contributed by atoms with Gasteiger partial charge < -0.3 is 9.84 Å². The van der Waals surface area contributed by atoms with Crippen LogP contribution in [-0.4, -0.2) is 23.7 Å². The SMILES string of the molecule is CCCCCCCCCCCCCCCCCC/C(=C\C(=O)O)C(=O)OCCCCCCCCCCCCCCCC. The molecule has 0 aromatic carbocycles. The lowest BCUT2D eigenvalue weighted by molar-refractivity contribution is -0.140. The van der Waals surface area contributed by atoms with Crippen LogP contribution >= 0.6 is 0 Å². The molecule has 0 atom stereocenters. The summed E-state index contributed by atoms with van der Waals surface area (Å²) in [6.45, 7) is 4.94. The summed E-state index contributed by atoms with van der Waals surface area (Å²) in [6, 6.07) is 0. The van der Waals surface area contributed by atoms with E-state index in [0.717, 1.165) is 38.2 Å². The van der Waals surface area contributed by atoms with Crippen molar-refractivity contribution in [2.24, 2.45) is 0 Å². The Morgan fingerprint density at radius 1 is 0.452 bits per heavy atom. The van der Waals surface area contributed by atoms with E-state index in [-0.39, 0.29) is 0 Å². The third-order valence-electron chi connectivity index (χ3n) is 8.59. The second-order valence-electron chi connectivity index (χ2n) is 12.8. The maximum absolute atomic E-state index is 12.5. The predicted molar refractivity (Wildman–Crippen MR) is 181 cm³/mol. The fourth-order valence-electron chi connectivity index (χ4n) is 5.80. The van der Waals surface area contributed by atoms with Gasteiger partial charge in [0.05, 0.1) is 6.61 Å². The number of rotatable bonds is 34. The quantitative estimate of drug-likeness (QED) is 0.0458. The molecule has 0 saturated heterocycles. The third kappa shape index (κ3) is 31.6. The molecule has 4 nitrogen and oxygen atoms in total. The molecule has 0 heterocycles. The van der Waals surface area contributed by atoms with Gasteiger partial charge in [0.2, 0.25) is 0 Å². The molecule has 1 N–H and O–H groups in total. The smallest absolute Gasteiger partial charge is 0.334 e. The average Bonchev–Trinajstić information content (AvgIpc) is 2.98. The van der Waals surface area contributed by atoms with Crippen LogP contribution in [0.1, 0.15) is 213 Å². The van der Waals surface area contributed by atoms with Crippen molar-refractivity contribution in [3.8, 4) is 0 Å². The molecule has 0 fully saturated rings. The molecule has 0 bridgehead atoms. The molecule has 0 rings (SSSR count). The number of hydrogen-bond donors (Lipinski definition) is 1. The molecule has 0 aromatic heterocycles. The van der Waals surface area contributed by atoms with E-state index in [9.17, 15) is 14.7 Å². The summed E-state index contributed by atoms with van der Waals surface area (Å²) in [7, 11) is 0. The summed E-state index contributed by atoms with van der Waals surface area (Å²) < 4.78 is 5.42. The molecule has 0 radical (unpaired) electrons. The van der Waals surface area contributed by atoms with Crippen LogP contribution in [-0.2, 0) is 14.3 Å². The molecular weight excluding hydrogens is 520 g/mol. The number of carbonyl (C=O) groups excluding carboxylic acids is 1. The van der Waals surface area contributed by atoms with Gasteiger partial charge in [-0.05, 0) is 19.3 Å². The van der Waals surface area contributed by atoms with Gasteiger partial charge in [0, 0.05) is 11.6 Å². The maximum atomic E-state index is 12.5. The topological polar surface area (TPSA) is 63.6 Å². The first-order chi connectivity index (χ1) is 20.6. The monoisotopic (exact) mass is 593 g/mol. The minimum absolute atomic E-state index is 0.318. The van der Waals surface area contributed by atoms with Crippen LogP contribution in [0.25, 0.3) is 0 Å². The highest BCUT2D eigenvalue weighted by molar-refractivity contribution is 5.95. The van der Waals surface area contributed by atoms with E-state index in [1.165, 1.54) is 161 Å². The fraction of sp³-hybridized carbons (Fsp3) is 0.895. The Balaban J connectivity index is 3.64. The van der Waals surface area contributed by atoms with Crippen molar-refractivity contribution in [3.63, 3.8) is 0 Å². The molecular formula is C38H72O4. The summed E-state index contributed by atoms with van der Waals surface area (Å²) >= 11 is 0. The van der Waals surface area contributed by atoms with E-state index in [1.807, 2.05) is 0 Å². The van der Waals surface area contributed by atoms with Crippen molar-refractivity contribution in [1.29, 1.82) is 0 Å². The summed E-state index contributed by atoms with van der Waals surface area (Å²) in [5.74, 6) is -1.50. The van der Waals surface area contributed by atoms with Gasteiger partial charge in [-0.1, -0.05) is 194 Å². The number of unbranched alkanes of at least 4 members (excludes halogenated alkanes) is 28. The number of hydrogen-bond acceptors (Lipinski definition) is 3. The van der Waals surface area contributed by atoms with Gasteiger partial charge in [-0.3, -0.25) is 0 Å². The van der Waals surface area contributed by atoms with Crippen molar-refractivity contribution in [3.05, 3.63) is 11.6 Å². The minimum atomic E-state index is -1.06. The maximum Gasteiger partial charge on any atom is 0.334 e. The molecule has 248 valence electrons. The van der Waals surface area contributed by atoms with Gasteiger partial charge in [0.15, 0.2) is 0 Å². The largest absolute Gasteiger partial charge is 0.478 e. The molecule has 4 heteroatoms. The highest BCUT2D eigenvalue weighted by Gasteiger charge is 2.12. The molecule has 0 saturated carbocycles. The first-order valence-electron chi connectivity index (χ1n) is 18.7. The highest BCUT2D eigenvalue weighted by atomic mass is 16.5. The number of carboxylic acid groups (broad SMARTS) is 1. The van der Waals surface area contributed by atoms with Crippen LogP contribution < -0.4 is 0 Å². The van der Waals surface area contributed by atoms with Gasteiger partial charge in [-0.2, -0.15) is 0 Å². The van der Waals surface area contributed by atoms with Gasteiger partial charge in [-0.25, -0.2) is 9.59 Å². The van der Waals surface area contributed by atoms with E-state index in [0.29, 0.717) is 18.6 Å². The van der Waals surface area contributed by atoms with Crippen molar-refractivity contribution in [2.75, 3.05) is 6.61 Å². The zero-order valence-corrected chi connectivity index (χ0v) is 28.4. The van der Waals surface area contributed by atoms with E-state index in [2.05, 4.69) is 13.8 Å². The summed E-state index contributed by atoms with van der Waals surface area (Å²) in [5, 5.41) is 9.19. The lowest BCUT2D eigenvalue weighted by Gasteiger charge is -2.08. The number of carboxylic acids is 1. The van der Waals surface area contributed by atoms with Crippen LogP contribution in [0.2, 0.25) is 0 Å². The van der Waals surface area contributed by atoms with E-state index >= 15 is 0 Å². The molecule has 0 spiro atoms. The fourth-order valence-corrected chi connectivity index (χ4v) is 5.80. The molecule has 0 unspecified atom stereocenters. The molecule has 0 amide bonds. The number of ether oxygens (including phenoxy) is 1. The lowest BCUT2D eigenvalue weighted by Crippen LogP contribution is -2.11. The van der Waals surface area contributed by atoms with Crippen molar-refractivity contribution < 1.29 is 19.4 Å². The summed E-state index contributed by atoms with van der Waals surface area (Å²) in [4.78, 5) is 23.7.